The van der Waals surface area contributed by atoms with Crippen LogP contribution in [0.4, 0.5) is 0 Å². The Hall–Kier alpha value is -3.67. The van der Waals surface area contributed by atoms with Crippen LogP contribution in [0.3, 0.4) is 0 Å². The zero-order chi connectivity index (χ0) is 19.8. The highest BCUT2D eigenvalue weighted by Gasteiger charge is 2.26. The van der Waals surface area contributed by atoms with Crippen molar-refractivity contribution in [2.45, 2.75) is 12.5 Å². The topological polar surface area (TPSA) is 71.1 Å². The number of ether oxygens (including phenoxy) is 1. The first kappa shape index (κ1) is 17.4. The molecule has 0 aliphatic carbocycles. The van der Waals surface area contributed by atoms with Crippen LogP contribution in [0.25, 0.3) is 22.2 Å². The van der Waals surface area contributed by atoms with E-state index in [1.165, 1.54) is 5.56 Å². The van der Waals surface area contributed by atoms with E-state index < -0.39 is 0 Å². The lowest BCUT2D eigenvalue weighted by atomic mass is 10.0. The summed E-state index contributed by atoms with van der Waals surface area (Å²) >= 11 is 0. The standard InChI is InChI=1S/C23H20N4O2/c1-27(14-17-10-15-6-2-5-9-22(15)29-17)23(28)19-11-21(16-12-24-25-13-16)26-20-8-4-3-7-18(19)20/h2-9,11-13,17H,10,14H2,1H3,(H,24,25)/t17-/m0/s1. The van der Waals surface area contributed by atoms with Crippen LogP contribution in [-0.4, -0.2) is 45.7 Å². The van der Waals surface area contributed by atoms with Gasteiger partial charge in [-0.05, 0) is 23.8 Å². The normalized spacial score (nSPS) is 15.1. The number of para-hydroxylation sites is 2. The first-order valence-electron chi connectivity index (χ1n) is 9.58. The van der Waals surface area contributed by atoms with E-state index in [0.29, 0.717) is 12.1 Å². The highest BCUT2D eigenvalue weighted by Crippen LogP contribution is 2.29. The predicted octanol–water partition coefficient (Wildman–Crippen LogP) is 3.70. The molecule has 1 N–H and O–H groups in total. The van der Waals surface area contributed by atoms with Crippen LogP contribution < -0.4 is 4.74 Å². The van der Waals surface area contributed by atoms with E-state index in [1.807, 2.05) is 55.6 Å². The van der Waals surface area contributed by atoms with Crippen molar-refractivity contribution >= 4 is 16.8 Å². The van der Waals surface area contributed by atoms with Gasteiger partial charge < -0.3 is 9.64 Å². The number of aromatic amines is 1. The van der Waals surface area contributed by atoms with E-state index in [9.17, 15) is 4.79 Å². The molecule has 29 heavy (non-hydrogen) atoms. The number of fused-ring (bicyclic) bond motifs is 2. The summed E-state index contributed by atoms with van der Waals surface area (Å²) in [6, 6.07) is 17.6. The number of carbonyl (C=O) groups excluding carboxylic acids is 1. The molecule has 1 amide bonds. The third-order valence-electron chi connectivity index (χ3n) is 5.28. The average Bonchev–Trinajstić information content (AvgIpc) is 3.42. The summed E-state index contributed by atoms with van der Waals surface area (Å²) in [6.07, 6.45) is 4.26. The third-order valence-corrected chi connectivity index (χ3v) is 5.28. The van der Waals surface area contributed by atoms with Crippen molar-refractivity contribution < 1.29 is 9.53 Å². The first-order valence-corrected chi connectivity index (χ1v) is 9.58. The lowest BCUT2D eigenvalue weighted by molar-refractivity contribution is 0.0732. The van der Waals surface area contributed by atoms with Crippen LogP contribution in [0.2, 0.25) is 0 Å². The van der Waals surface area contributed by atoms with Gasteiger partial charge in [0.05, 0.1) is 29.5 Å². The molecule has 0 unspecified atom stereocenters. The number of nitrogens with zero attached hydrogens (tertiary/aromatic N) is 3. The van der Waals surface area contributed by atoms with E-state index in [0.717, 1.165) is 34.3 Å². The Bertz CT molecular complexity index is 1160. The van der Waals surface area contributed by atoms with Gasteiger partial charge in [-0.1, -0.05) is 36.4 Å². The van der Waals surface area contributed by atoms with Gasteiger partial charge in [0.1, 0.15) is 11.9 Å². The zero-order valence-corrected chi connectivity index (χ0v) is 16.0. The number of hydrogen-bond acceptors (Lipinski definition) is 4. The Balaban J connectivity index is 1.44. The lowest BCUT2D eigenvalue weighted by Crippen LogP contribution is -2.36. The molecule has 2 aromatic heterocycles. The summed E-state index contributed by atoms with van der Waals surface area (Å²) < 4.78 is 6.02. The van der Waals surface area contributed by atoms with Gasteiger partial charge in [-0.3, -0.25) is 9.89 Å². The highest BCUT2D eigenvalue weighted by molar-refractivity contribution is 6.07. The SMILES string of the molecule is CN(C[C@@H]1Cc2ccccc2O1)C(=O)c1cc(-c2cn[nH]c2)nc2ccccc12. The van der Waals surface area contributed by atoms with E-state index >= 15 is 0 Å². The molecule has 144 valence electrons. The molecule has 0 saturated heterocycles. The zero-order valence-electron chi connectivity index (χ0n) is 16.0. The second-order valence-electron chi connectivity index (χ2n) is 7.30. The summed E-state index contributed by atoms with van der Waals surface area (Å²) in [5, 5.41) is 7.64. The minimum atomic E-state index is -0.0482. The Morgan fingerprint density at radius 1 is 1.21 bits per heavy atom. The Morgan fingerprint density at radius 3 is 2.86 bits per heavy atom. The number of carbonyl (C=O) groups is 1. The molecule has 6 heteroatoms. The Morgan fingerprint density at radius 2 is 2.03 bits per heavy atom. The number of hydrogen-bond donors (Lipinski definition) is 1. The molecule has 0 radical (unpaired) electrons. The first-order chi connectivity index (χ1) is 14.2. The molecule has 0 fully saturated rings. The molecular weight excluding hydrogens is 364 g/mol. The fraction of sp³-hybridized carbons (Fsp3) is 0.174. The molecule has 4 aromatic rings. The number of rotatable bonds is 4. The molecule has 1 atom stereocenters. The molecule has 2 aromatic carbocycles. The van der Waals surface area contributed by atoms with Gasteiger partial charge in [0, 0.05) is 30.6 Å². The fourth-order valence-electron chi connectivity index (χ4n) is 3.84. The van der Waals surface area contributed by atoms with Crippen molar-refractivity contribution in [3.63, 3.8) is 0 Å². The maximum atomic E-state index is 13.4. The van der Waals surface area contributed by atoms with Crippen molar-refractivity contribution in [1.29, 1.82) is 0 Å². The van der Waals surface area contributed by atoms with E-state index in [4.69, 9.17) is 9.72 Å². The van der Waals surface area contributed by atoms with Crippen LogP contribution >= 0.6 is 0 Å². The van der Waals surface area contributed by atoms with Gasteiger partial charge in [0.15, 0.2) is 0 Å². The molecule has 1 aliphatic heterocycles. The molecule has 5 rings (SSSR count). The smallest absolute Gasteiger partial charge is 0.254 e. The maximum absolute atomic E-state index is 13.4. The summed E-state index contributed by atoms with van der Waals surface area (Å²) in [7, 11) is 1.82. The summed E-state index contributed by atoms with van der Waals surface area (Å²) in [6.45, 7) is 0.519. The number of likely N-dealkylation sites (N-methyl/N-ethyl adjacent to an activating group) is 1. The molecule has 6 nitrogen and oxygen atoms in total. The maximum Gasteiger partial charge on any atom is 0.254 e. The number of benzene rings is 2. The second kappa shape index (κ2) is 7.05. The van der Waals surface area contributed by atoms with Crippen LogP contribution in [0, 0.1) is 0 Å². The van der Waals surface area contributed by atoms with Gasteiger partial charge in [-0.25, -0.2) is 4.98 Å². The lowest BCUT2D eigenvalue weighted by Gasteiger charge is -2.22. The van der Waals surface area contributed by atoms with E-state index in [2.05, 4.69) is 16.3 Å². The van der Waals surface area contributed by atoms with Crippen molar-refractivity contribution in [2.24, 2.45) is 0 Å². The fourth-order valence-corrected chi connectivity index (χ4v) is 3.84. The summed E-state index contributed by atoms with van der Waals surface area (Å²) in [4.78, 5) is 19.8. The van der Waals surface area contributed by atoms with Gasteiger partial charge in [0.25, 0.3) is 5.91 Å². The van der Waals surface area contributed by atoms with Gasteiger partial charge in [0.2, 0.25) is 0 Å². The van der Waals surface area contributed by atoms with Crippen LogP contribution in [0.15, 0.2) is 67.0 Å². The number of pyridine rings is 1. The molecule has 0 bridgehead atoms. The van der Waals surface area contributed by atoms with Crippen molar-refractivity contribution in [2.75, 3.05) is 13.6 Å². The van der Waals surface area contributed by atoms with E-state index in [1.54, 1.807) is 17.3 Å². The van der Waals surface area contributed by atoms with Crippen molar-refractivity contribution in [3.8, 4) is 17.0 Å². The largest absolute Gasteiger partial charge is 0.488 e. The molecule has 1 aliphatic rings. The number of H-pyrrole nitrogens is 1. The van der Waals surface area contributed by atoms with E-state index in [-0.39, 0.29) is 12.0 Å². The van der Waals surface area contributed by atoms with Gasteiger partial charge in [-0.2, -0.15) is 5.10 Å². The quantitative estimate of drug-likeness (QED) is 0.582. The highest BCUT2D eigenvalue weighted by atomic mass is 16.5. The van der Waals surface area contributed by atoms with Crippen LogP contribution in [0.5, 0.6) is 5.75 Å². The molecule has 0 spiro atoms. The summed E-state index contributed by atoms with van der Waals surface area (Å²) in [5.74, 6) is 0.864. The molecular formula is C23H20N4O2. The Labute approximate surface area is 168 Å². The Kier molecular flexibility index (Phi) is 4.24. The van der Waals surface area contributed by atoms with Gasteiger partial charge >= 0.3 is 0 Å². The predicted molar refractivity (Wildman–Crippen MR) is 111 cm³/mol. The van der Waals surface area contributed by atoms with Crippen LogP contribution in [0.1, 0.15) is 15.9 Å². The molecule has 0 saturated carbocycles. The van der Waals surface area contributed by atoms with Crippen molar-refractivity contribution in [3.05, 3.63) is 78.1 Å². The van der Waals surface area contributed by atoms with Gasteiger partial charge in [-0.15, -0.1) is 0 Å². The molecule has 3 heterocycles. The number of nitrogens with one attached hydrogen (secondary N) is 1. The minimum absolute atomic E-state index is 0.0391. The number of aromatic nitrogens is 3. The second-order valence-corrected chi connectivity index (χ2v) is 7.30. The van der Waals surface area contributed by atoms with Crippen molar-refractivity contribution in [1.82, 2.24) is 20.1 Å². The average molecular weight is 384 g/mol. The third kappa shape index (κ3) is 3.23. The monoisotopic (exact) mass is 384 g/mol. The minimum Gasteiger partial charge on any atom is -0.488 e. The summed E-state index contributed by atoms with van der Waals surface area (Å²) in [5.41, 5.74) is 4.17. The number of amides is 1. The van der Waals surface area contributed by atoms with Crippen LogP contribution in [-0.2, 0) is 6.42 Å².